The molecule has 1 fully saturated rings. The van der Waals surface area contributed by atoms with E-state index in [-0.39, 0.29) is 5.91 Å². The number of piperidine rings is 1. The minimum absolute atomic E-state index is 0.0447. The van der Waals surface area contributed by atoms with Crippen molar-refractivity contribution in [3.63, 3.8) is 0 Å². The van der Waals surface area contributed by atoms with E-state index in [9.17, 15) is 4.79 Å². The van der Waals surface area contributed by atoms with Gasteiger partial charge in [0.25, 0.3) is 5.91 Å². The van der Waals surface area contributed by atoms with Crippen LogP contribution in [0.15, 0.2) is 102 Å². The number of amides is 1. The minimum atomic E-state index is 0.0447. The lowest BCUT2D eigenvalue weighted by Crippen LogP contribution is -2.39. The number of nitrogens with zero attached hydrogens (tertiary/aromatic N) is 5. The quantitative estimate of drug-likeness (QED) is 0.186. The van der Waals surface area contributed by atoms with Crippen LogP contribution in [0.5, 0.6) is 0 Å². The first kappa shape index (κ1) is 26.5. The van der Waals surface area contributed by atoms with Crippen molar-refractivity contribution in [2.75, 3.05) is 13.1 Å². The molecule has 6 rings (SSSR count). The van der Waals surface area contributed by atoms with E-state index in [0.29, 0.717) is 23.8 Å². The molecule has 1 saturated heterocycles. The van der Waals surface area contributed by atoms with Crippen LogP contribution in [0.4, 0.5) is 0 Å². The van der Waals surface area contributed by atoms with Crippen molar-refractivity contribution in [1.29, 1.82) is 0 Å². The summed E-state index contributed by atoms with van der Waals surface area (Å²) in [6.07, 6.45) is 3.85. The van der Waals surface area contributed by atoms with Gasteiger partial charge in [0, 0.05) is 30.6 Å². The lowest BCUT2D eigenvalue weighted by Gasteiger charge is -2.31. The molecule has 3 aromatic carbocycles. The summed E-state index contributed by atoms with van der Waals surface area (Å²) in [5.74, 6) is 2.20. The zero-order valence-electron chi connectivity index (χ0n) is 22.2. The molecule has 1 aliphatic heterocycles. The van der Waals surface area contributed by atoms with Gasteiger partial charge in [0.1, 0.15) is 16.5 Å². The van der Waals surface area contributed by atoms with Crippen LogP contribution in [0.1, 0.15) is 45.3 Å². The smallest absolute Gasteiger partial charge is 0.273 e. The van der Waals surface area contributed by atoms with E-state index in [4.69, 9.17) is 4.98 Å². The van der Waals surface area contributed by atoms with Crippen LogP contribution in [0, 0.1) is 5.92 Å². The number of rotatable bonds is 9. The summed E-state index contributed by atoms with van der Waals surface area (Å²) < 4.78 is 2.12. The third kappa shape index (κ3) is 6.35. The number of carbonyl (C=O) groups excluding carboxylic acids is 1. The van der Waals surface area contributed by atoms with Crippen molar-refractivity contribution >= 4 is 29.0 Å². The number of aromatic nitrogens is 4. The maximum absolute atomic E-state index is 13.2. The fraction of sp³-hybridized carbons (Fsp3) is 0.250. The van der Waals surface area contributed by atoms with Gasteiger partial charge in [-0.2, -0.15) is 0 Å². The molecule has 0 atom stereocenters. The van der Waals surface area contributed by atoms with Crippen LogP contribution in [-0.4, -0.2) is 43.6 Å². The lowest BCUT2D eigenvalue weighted by molar-refractivity contribution is 0.0685. The average Bonchev–Trinajstić information content (AvgIpc) is 3.65. The number of thioether (sulfide) groups is 1. The van der Waals surface area contributed by atoms with Crippen LogP contribution in [-0.2, 0) is 18.6 Å². The van der Waals surface area contributed by atoms with Crippen LogP contribution in [0.25, 0.3) is 5.69 Å². The van der Waals surface area contributed by atoms with E-state index < -0.39 is 0 Å². The summed E-state index contributed by atoms with van der Waals surface area (Å²) >= 11 is 3.14. The lowest BCUT2D eigenvalue weighted by atomic mass is 9.90. The minimum Gasteiger partial charge on any atom is -0.337 e. The van der Waals surface area contributed by atoms with Gasteiger partial charge >= 0.3 is 0 Å². The SMILES string of the molecule is O=C(c1csc(CSc2nnc(Cc3ccccc3)n2-c2ccccc2)n1)N1CCC(Cc2ccccc2)CC1. The third-order valence-electron chi connectivity index (χ3n) is 7.28. The Kier molecular flexibility index (Phi) is 8.35. The molecule has 0 spiro atoms. The summed E-state index contributed by atoms with van der Waals surface area (Å²) in [6, 6.07) is 31.2. The number of carbonyl (C=O) groups is 1. The third-order valence-corrected chi connectivity index (χ3v) is 9.26. The molecule has 0 radical (unpaired) electrons. The summed E-state index contributed by atoms with van der Waals surface area (Å²) in [7, 11) is 0. The molecule has 5 aromatic rings. The molecule has 202 valence electrons. The number of likely N-dealkylation sites (tertiary alicyclic amines) is 1. The molecule has 0 saturated carbocycles. The zero-order chi connectivity index (χ0) is 27.1. The fourth-order valence-electron chi connectivity index (χ4n) is 5.17. The summed E-state index contributed by atoms with van der Waals surface area (Å²) in [6.45, 7) is 1.59. The van der Waals surface area contributed by atoms with Gasteiger partial charge in [0.2, 0.25) is 0 Å². The van der Waals surface area contributed by atoms with Gasteiger partial charge in [-0.25, -0.2) is 4.98 Å². The fourth-order valence-corrected chi connectivity index (χ4v) is 6.93. The Balaban J connectivity index is 1.09. The summed E-state index contributed by atoms with van der Waals surface area (Å²) in [5.41, 5.74) is 4.16. The zero-order valence-corrected chi connectivity index (χ0v) is 23.9. The molecule has 2 aromatic heterocycles. The second-order valence-electron chi connectivity index (χ2n) is 10.1. The maximum atomic E-state index is 13.2. The molecule has 3 heterocycles. The Morgan fingerprint density at radius 2 is 1.50 bits per heavy atom. The van der Waals surface area contributed by atoms with Crippen molar-refractivity contribution in [2.45, 2.75) is 36.6 Å². The Morgan fingerprint density at radius 1 is 0.850 bits per heavy atom. The molecule has 0 unspecified atom stereocenters. The van der Waals surface area contributed by atoms with E-state index in [1.165, 1.54) is 22.5 Å². The normalized spacial score (nSPS) is 13.9. The molecule has 0 N–H and O–H groups in total. The number of thiazole rings is 1. The largest absolute Gasteiger partial charge is 0.337 e. The second-order valence-corrected chi connectivity index (χ2v) is 12.0. The average molecular weight is 566 g/mol. The second kappa shape index (κ2) is 12.6. The molecule has 0 aliphatic carbocycles. The van der Waals surface area contributed by atoms with Crippen LogP contribution in [0.3, 0.4) is 0 Å². The Bertz CT molecular complexity index is 1530. The number of hydrogen-bond acceptors (Lipinski definition) is 6. The van der Waals surface area contributed by atoms with Gasteiger partial charge in [-0.15, -0.1) is 21.5 Å². The Morgan fingerprint density at radius 3 is 2.20 bits per heavy atom. The maximum Gasteiger partial charge on any atom is 0.273 e. The highest BCUT2D eigenvalue weighted by Crippen LogP contribution is 2.28. The first-order chi connectivity index (χ1) is 19.7. The first-order valence-corrected chi connectivity index (χ1v) is 15.5. The van der Waals surface area contributed by atoms with Gasteiger partial charge in [0.15, 0.2) is 5.16 Å². The van der Waals surface area contributed by atoms with Crippen molar-refractivity contribution in [1.82, 2.24) is 24.6 Å². The van der Waals surface area contributed by atoms with Gasteiger partial charge < -0.3 is 4.90 Å². The van der Waals surface area contributed by atoms with E-state index in [0.717, 1.165) is 54.0 Å². The summed E-state index contributed by atoms with van der Waals surface area (Å²) in [5, 5.41) is 12.7. The predicted molar refractivity (Wildman–Crippen MR) is 161 cm³/mol. The number of hydrogen-bond donors (Lipinski definition) is 0. The molecule has 1 aliphatic rings. The van der Waals surface area contributed by atoms with Gasteiger partial charge in [-0.05, 0) is 48.4 Å². The molecule has 1 amide bonds. The summed E-state index contributed by atoms with van der Waals surface area (Å²) in [4.78, 5) is 19.9. The van der Waals surface area contributed by atoms with E-state index in [1.54, 1.807) is 11.8 Å². The van der Waals surface area contributed by atoms with Gasteiger partial charge in [-0.1, -0.05) is 90.6 Å². The molecule has 6 nitrogen and oxygen atoms in total. The monoisotopic (exact) mass is 565 g/mol. The van der Waals surface area contributed by atoms with Crippen LogP contribution in [0.2, 0.25) is 0 Å². The first-order valence-electron chi connectivity index (χ1n) is 13.7. The number of para-hydroxylation sites is 1. The highest BCUT2D eigenvalue weighted by molar-refractivity contribution is 7.98. The Labute approximate surface area is 243 Å². The molecular formula is C32H31N5OS2. The van der Waals surface area contributed by atoms with E-state index in [2.05, 4.69) is 69.4 Å². The van der Waals surface area contributed by atoms with Crippen LogP contribution < -0.4 is 0 Å². The molecule has 0 bridgehead atoms. The Hall–Kier alpha value is -3.75. The standard InChI is InChI=1S/C32H31N5OS2/c38-31(36-18-16-26(17-19-36)20-24-10-4-1-5-11-24)28-22-39-30(33-28)23-40-32-35-34-29(21-25-12-6-2-7-13-25)37(32)27-14-8-3-9-15-27/h1-15,22,26H,16-21,23H2. The molecular weight excluding hydrogens is 535 g/mol. The number of benzene rings is 3. The highest BCUT2D eigenvalue weighted by atomic mass is 32.2. The van der Waals surface area contributed by atoms with Crippen molar-refractivity contribution in [2.24, 2.45) is 5.92 Å². The van der Waals surface area contributed by atoms with Crippen molar-refractivity contribution in [3.05, 3.63) is 124 Å². The highest BCUT2D eigenvalue weighted by Gasteiger charge is 2.25. The molecule has 40 heavy (non-hydrogen) atoms. The van der Waals surface area contributed by atoms with Crippen molar-refractivity contribution < 1.29 is 4.79 Å². The van der Waals surface area contributed by atoms with Crippen molar-refractivity contribution in [3.8, 4) is 5.69 Å². The topological polar surface area (TPSA) is 63.9 Å². The van der Waals surface area contributed by atoms with Crippen LogP contribution >= 0.6 is 23.1 Å². The molecule has 8 heteroatoms. The van der Waals surface area contributed by atoms with E-state index >= 15 is 0 Å². The predicted octanol–water partition coefficient (Wildman–Crippen LogP) is 6.70. The van der Waals surface area contributed by atoms with Gasteiger partial charge in [0.05, 0.1) is 5.75 Å². The van der Waals surface area contributed by atoms with E-state index in [1.807, 2.05) is 46.7 Å². The van der Waals surface area contributed by atoms with Gasteiger partial charge in [-0.3, -0.25) is 9.36 Å².